The lowest BCUT2D eigenvalue weighted by Crippen LogP contribution is -2.50. The molecule has 2 aromatic carbocycles. The number of sulfonamides is 1. The van der Waals surface area contributed by atoms with E-state index in [1.54, 1.807) is 16.7 Å². The van der Waals surface area contributed by atoms with Crippen LogP contribution in [0.15, 0.2) is 46.2 Å². The van der Waals surface area contributed by atoms with Crippen LogP contribution in [0.5, 0.6) is 0 Å². The number of carbonyl (C=O) groups is 1. The molecule has 0 N–H and O–H groups in total. The molecule has 7 heteroatoms. The van der Waals surface area contributed by atoms with Gasteiger partial charge in [-0.25, -0.2) is 8.42 Å². The molecule has 1 saturated heterocycles. The highest BCUT2D eigenvalue weighted by atomic mass is 32.2. The first kappa shape index (κ1) is 20.9. The predicted octanol–water partition coefficient (Wildman–Crippen LogP) is 3.48. The fraction of sp³-hybridized carbons (Fsp3) is 0.381. The van der Waals surface area contributed by atoms with Gasteiger partial charge in [-0.15, -0.1) is 11.8 Å². The molecule has 1 aliphatic rings. The lowest BCUT2D eigenvalue weighted by Gasteiger charge is -2.34. The van der Waals surface area contributed by atoms with Crippen LogP contribution in [0, 0.1) is 20.8 Å². The van der Waals surface area contributed by atoms with Gasteiger partial charge in [-0.1, -0.05) is 29.8 Å². The third kappa shape index (κ3) is 3.97. The number of hydrogen-bond donors (Lipinski definition) is 0. The average molecular weight is 419 g/mol. The van der Waals surface area contributed by atoms with E-state index in [1.807, 2.05) is 63.4 Å². The predicted molar refractivity (Wildman–Crippen MR) is 114 cm³/mol. The van der Waals surface area contributed by atoms with Gasteiger partial charge >= 0.3 is 0 Å². The van der Waals surface area contributed by atoms with Crippen molar-refractivity contribution < 1.29 is 13.2 Å². The van der Waals surface area contributed by atoms with Crippen LogP contribution < -0.4 is 0 Å². The highest BCUT2D eigenvalue weighted by Crippen LogP contribution is 2.27. The zero-order chi connectivity index (χ0) is 20.5. The average Bonchev–Trinajstić information content (AvgIpc) is 2.66. The zero-order valence-electron chi connectivity index (χ0n) is 16.7. The molecule has 0 unspecified atom stereocenters. The smallest absolute Gasteiger partial charge is 0.255 e. The third-order valence-corrected chi connectivity index (χ3v) is 8.07. The maximum atomic E-state index is 13.2. The number of thioether (sulfide) groups is 1. The van der Waals surface area contributed by atoms with Crippen LogP contribution >= 0.6 is 11.8 Å². The first-order chi connectivity index (χ1) is 13.3. The molecular weight excluding hydrogens is 392 g/mol. The van der Waals surface area contributed by atoms with Crippen molar-refractivity contribution in [2.45, 2.75) is 30.6 Å². The molecule has 28 heavy (non-hydrogen) atoms. The van der Waals surface area contributed by atoms with E-state index < -0.39 is 10.0 Å². The number of aryl methyl sites for hydroxylation is 3. The Kier molecular flexibility index (Phi) is 6.17. The van der Waals surface area contributed by atoms with E-state index in [2.05, 4.69) is 0 Å². The standard InChI is InChI=1S/C21H26N2O3S2/c1-15-13-16(2)20(17(3)14-15)28(25,26)23-11-9-22(10-12-23)21(24)18-7-5-6-8-19(18)27-4/h5-8,13-14H,9-12H2,1-4H3. The largest absolute Gasteiger partial charge is 0.336 e. The normalized spacial score (nSPS) is 15.6. The molecule has 0 atom stereocenters. The first-order valence-corrected chi connectivity index (χ1v) is 11.9. The van der Waals surface area contributed by atoms with E-state index in [1.165, 1.54) is 4.31 Å². The van der Waals surface area contributed by atoms with E-state index >= 15 is 0 Å². The fourth-order valence-electron chi connectivity index (χ4n) is 3.83. The molecule has 1 amide bonds. The van der Waals surface area contributed by atoms with Crippen molar-refractivity contribution in [2.75, 3.05) is 32.4 Å². The Hall–Kier alpha value is -1.83. The second kappa shape index (κ2) is 8.27. The minimum absolute atomic E-state index is 0.0373. The minimum atomic E-state index is -3.58. The second-order valence-electron chi connectivity index (χ2n) is 7.12. The summed E-state index contributed by atoms with van der Waals surface area (Å²) in [7, 11) is -3.58. The van der Waals surface area contributed by atoms with Gasteiger partial charge < -0.3 is 4.90 Å². The summed E-state index contributed by atoms with van der Waals surface area (Å²) >= 11 is 1.54. The van der Waals surface area contributed by atoms with Crippen LogP contribution in [0.1, 0.15) is 27.0 Å². The Balaban J connectivity index is 1.77. The lowest BCUT2D eigenvalue weighted by atomic mass is 10.1. The van der Waals surface area contributed by atoms with Gasteiger partial charge in [0.25, 0.3) is 5.91 Å². The first-order valence-electron chi connectivity index (χ1n) is 9.26. The van der Waals surface area contributed by atoms with Crippen molar-refractivity contribution in [1.82, 2.24) is 9.21 Å². The summed E-state index contributed by atoms with van der Waals surface area (Å²) in [5, 5.41) is 0. The van der Waals surface area contributed by atoms with Gasteiger partial charge in [0, 0.05) is 31.1 Å². The van der Waals surface area contributed by atoms with E-state index in [0.717, 1.165) is 21.6 Å². The molecule has 1 aliphatic heterocycles. The molecule has 0 spiro atoms. The number of carbonyl (C=O) groups excluding carboxylic acids is 1. The topological polar surface area (TPSA) is 57.7 Å². The van der Waals surface area contributed by atoms with Crippen molar-refractivity contribution in [3.8, 4) is 0 Å². The number of nitrogens with zero attached hydrogens (tertiary/aromatic N) is 2. The van der Waals surface area contributed by atoms with Crippen LogP contribution in [0.4, 0.5) is 0 Å². The van der Waals surface area contributed by atoms with Gasteiger partial charge in [-0.2, -0.15) is 4.31 Å². The Labute approximate surface area is 171 Å². The maximum Gasteiger partial charge on any atom is 0.255 e. The Bertz CT molecular complexity index is 971. The molecule has 0 saturated carbocycles. The molecule has 2 aromatic rings. The zero-order valence-corrected chi connectivity index (χ0v) is 18.4. The number of piperazine rings is 1. The third-order valence-electron chi connectivity index (χ3n) is 5.07. The van der Waals surface area contributed by atoms with Crippen molar-refractivity contribution >= 4 is 27.7 Å². The fourth-order valence-corrected chi connectivity index (χ4v) is 6.25. The molecule has 1 fully saturated rings. The van der Waals surface area contributed by atoms with Crippen LogP contribution in [-0.4, -0.2) is 56.0 Å². The second-order valence-corrected chi connectivity index (χ2v) is 9.85. The molecular formula is C21H26N2O3S2. The van der Waals surface area contributed by atoms with Crippen LogP contribution in [-0.2, 0) is 10.0 Å². The van der Waals surface area contributed by atoms with E-state index in [-0.39, 0.29) is 5.91 Å². The highest BCUT2D eigenvalue weighted by Gasteiger charge is 2.32. The molecule has 3 rings (SSSR count). The van der Waals surface area contributed by atoms with Gasteiger partial charge in [-0.05, 0) is 50.3 Å². The summed E-state index contributed by atoms with van der Waals surface area (Å²) in [6.45, 7) is 7.05. The highest BCUT2D eigenvalue weighted by molar-refractivity contribution is 7.98. The van der Waals surface area contributed by atoms with Gasteiger partial charge in [0.05, 0.1) is 10.5 Å². The monoisotopic (exact) mass is 418 g/mol. The van der Waals surface area contributed by atoms with Crippen molar-refractivity contribution in [3.05, 3.63) is 58.7 Å². The number of amides is 1. The van der Waals surface area contributed by atoms with E-state index in [9.17, 15) is 13.2 Å². The summed E-state index contributed by atoms with van der Waals surface area (Å²) in [4.78, 5) is 16.0. The summed E-state index contributed by atoms with van der Waals surface area (Å²) in [6.07, 6.45) is 1.95. The van der Waals surface area contributed by atoms with E-state index in [4.69, 9.17) is 0 Å². The SMILES string of the molecule is CSc1ccccc1C(=O)N1CCN(S(=O)(=O)c2c(C)cc(C)cc2C)CC1. The molecule has 0 aromatic heterocycles. The van der Waals surface area contributed by atoms with Crippen LogP contribution in [0.25, 0.3) is 0 Å². The molecule has 0 bridgehead atoms. The molecule has 0 aliphatic carbocycles. The van der Waals surface area contributed by atoms with Crippen LogP contribution in [0.2, 0.25) is 0 Å². The Morgan fingerprint density at radius 2 is 1.54 bits per heavy atom. The Morgan fingerprint density at radius 3 is 2.11 bits per heavy atom. The number of rotatable bonds is 4. The number of benzene rings is 2. The minimum Gasteiger partial charge on any atom is -0.336 e. The van der Waals surface area contributed by atoms with Gasteiger partial charge in [0.1, 0.15) is 0 Å². The van der Waals surface area contributed by atoms with Gasteiger partial charge in [0.15, 0.2) is 0 Å². The summed E-state index contributed by atoms with van der Waals surface area (Å²) in [5.41, 5.74) is 3.27. The number of hydrogen-bond acceptors (Lipinski definition) is 4. The summed E-state index contributed by atoms with van der Waals surface area (Å²) in [6, 6.07) is 11.3. The van der Waals surface area contributed by atoms with Gasteiger partial charge in [-0.3, -0.25) is 4.79 Å². The summed E-state index contributed by atoms with van der Waals surface area (Å²) in [5.74, 6) is -0.0373. The summed E-state index contributed by atoms with van der Waals surface area (Å²) < 4.78 is 27.9. The maximum absolute atomic E-state index is 13.2. The Morgan fingerprint density at radius 1 is 0.964 bits per heavy atom. The molecule has 150 valence electrons. The van der Waals surface area contributed by atoms with Gasteiger partial charge in [0.2, 0.25) is 10.0 Å². The molecule has 0 radical (unpaired) electrons. The molecule has 1 heterocycles. The quantitative estimate of drug-likeness (QED) is 0.714. The van der Waals surface area contributed by atoms with Crippen molar-refractivity contribution in [1.29, 1.82) is 0 Å². The van der Waals surface area contributed by atoms with Crippen molar-refractivity contribution in [2.24, 2.45) is 0 Å². The lowest BCUT2D eigenvalue weighted by molar-refractivity contribution is 0.0694. The van der Waals surface area contributed by atoms with Crippen LogP contribution in [0.3, 0.4) is 0 Å². The van der Waals surface area contributed by atoms with E-state index in [0.29, 0.717) is 36.6 Å². The van der Waals surface area contributed by atoms with Crippen molar-refractivity contribution in [3.63, 3.8) is 0 Å². The molecule has 5 nitrogen and oxygen atoms in total.